The minimum Gasteiger partial charge on any atom is -0.442 e. The Labute approximate surface area is 182 Å². The predicted molar refractivity (Wildman–Crippen MR) is 111 cm³/mol. The number of amides is 2. The molecule has 4 rings (SSSR count). The molecule has 2 amide bonds. The Bertz CT molecular complexity index is 1110. The predicted octanol–water partition coefficient (Wildman–Crippen LogP) is 1.74. The van der Waals surface area contributed by atoms with Crippen molar-refractivity contribution in [3.05, 3.63) is 59.7 Å². The molecule has 1 saturated heterocycles. The number of rotatable bonds is 7. The lowest BCUT2D eigenvalue weighted by Crippen LogP contribution is -2.33. The quantitative estimate of drug-likeness (QED) is 0.510. The van der Waals surface area contributed by atoms with Gasteiger partial charge in [-0.1, -0.05) is 29.5 Å². The van der Waals surface area contributed by atoms with Crippen molar-refractivity contribution in [1.29, 1.82) is 0 Å². The molecule has 11 heteroatoms. The Morgan fingerprint density at radius 1 is 1.34 bits per heavy atom. The van der Waals surface area contributed by atoms with Gasteiger partial charge in [-0.3, -0.25) is 9.69 Å². The average molecular weight is 440 g/mol. The van der Waals surface area contributed by atoms with Gasteiger partial charge >= 0.3 is 6.09 Å². The first kappa shape index (κ1) is 21.4. The lowest BCUT2D eigenvalue weighted by atomic mass is 10.00. The number of benzene rings is 2. The molecule has 2 unspecified atom stereocenters. The molecule has 2 heterocycles. The number of nitrogens with zero attached hydrogens (tertiary/aromatic N) is 4. The van der Waals surface area contributed by atoms with Crippen LogP contribution in [0.25, 0.3) is 11.1 Å². The smallest absolute Gasteiger partial charge is 0.414 e. The van der Waals surface area contributed by atoms with Crippen LogP contribution in [0.2, 0.25) is 0 Å². The molecule has 10 nitrogen and oxygen atoms in total. The maximum atomic E-state index is 14.9. The van der Waals surface area contributed by atoms with Gasteiger partial charge in [0.1, 0.15) is 11.9 Å². The summed E-state index contributed by atoms with van der Waals surface area (Å²) in [5.74, 6) is -0.327. The molecule has 0 saturated carbocycles. The zero-order valence-electron chi connectivity index (χ0n) is 17.2. The molecule has 0 aliphatic carbocycles. The number of hydrogen-bond donors (Lipinski definition) is 3. The second kappa shape index (κ2) is 9.10. The van der Waals surface area contributed by atoms with Gasteiger partial charge in [-0.2, -0.15) is 5.21 Å². The first-order valence-corrected chi connectivity index (χ1v) is 9.93. The third kappa shape index (κ3) is 4.72. The van der Waals surface area contributed by atoms with Crippen LogP contribution in [0.5, 0.6) is 0 Å². The summed E-state index contributed by atoms with van der Waals surface area (Å²) in [6.45, 7) is 1.79. The average Bonchev–Trinajstić information content (AvgIpc) is 3.41. The number of carbonyl (C=O) groups excluding carboxylic acids is 2. The van der Waals surface area contributed by atoms with Crippen molar-refractivity contribution < 1.29 is 23.8 Å². The van der Waals surface area contributed by atoms with Crippen LogP contribution in [-0.2, 0) is 16.0 Å². The van der Waals surface area contributed by atoms with E-state index in [1.54, 1.807) is 36.4 Å². The highest BCUT2D eigenvalue weighted by atomic mass is 19.1. The highest BCUT2D eigenvalue weighted by molar-refractivity contribution is 5.90. The topological polar surface area (TPSA) is 133 Å². The number of halogens is 1. The fraction of sp³-hybridized carbons (Fsp3) is 0.286. The van der Waals surface area contributed by atoms with Crippen molar-refractivity contribution >= 4 is 17.7 Å². The highest BCUT2D eigenvalue weighted by Gasteiger charge is 2.32. The molecule has 2 atom stereocenters. The molecular formula is C21H21FN6O4. The van der Waals surface area contributed by atoms with E-state index in [1.165, 1.54) is 17.9 Å². The number of H-pyrrole nitrogens is 1. The lowest BCUT2D eigenvalue weighted by molar-refractivity contribution is -0.119. The number of cyclic esters (lactones) is 1. The second-order valence-electron chi connectivity index (χ2n) is 7.39. The van der Waals surface area contributed by atoms with Crippen molar-refractivity contribution in [2.45, 2.75) is 25.6 Å². The standard InChI is InChI=1S/C21H21FN6O4/c1-12(29)23-10-16-11-28(21(31)32-16)15-6-7-17(18(22)8-15)13-2-4-14(5-3-13)19(30)9-20-24-26-27-25-20/h2-8,16,19,30H,9-11H2,1H3,(H,23,29)(H,24,25,26,27). The van der Waals surface area contributed by atoms with Gasteiger partial charge in [0.05, 0.1) is 24.9 Å². The van der Waals surface area contributed by atoms with E-state index in [0.717, 1.165) is 0 Å². The number of hydrogen-bond acceptors (Lipinski definition) is 7. The molecule has 32 heavy (non-hydrogen) atoms. The Hall–Kier alpha value is -3.86. The summed E-state index contributed by atoms with van der Waals surface area (Å²) >= 11 is 0. The van der Waals surface area contributed by atoms with E-state index in [-0.39, 0.29) is 25.4 Å². The number of carbonyl (C=O) groups is 2. The van der Waals surface area contributed by atoms with Crippen LogP contribution in [-0.4, -0.2) is 56.9 Å². The van der Waals surface area contributed by atoms with E-state index in [0.29, 0.717) is 28.2 Å². The van der Waals surface area contributed by atoms with E-state index in [4.69, 9.17) is 4.74 Å². The number of aromatic nitrogens is 4. The first-order valence-electron chi connectivity index (χ1n) is 9.93. The van der Waals surface area contributed by atoms with E-state index in [2.05, 4.69) is 25.9 Å². The highest BCUT2D eigenvalue weighted by Crippen LogP contribution is 2.30. The molecule has 0 radical (unpaired) electrons. The second-order valence-corrected chi connectivity index (χ2v) is 7.39. The fourth-order valence-electron chi connectivity index (χ4n) is 3.45. The van der Waals surface area contributed by atoms with Gasteiger partial charge in [0.25, 0.3) is 0 Å². The molecular weight excluding hydrogens is 419 g/mol. The van der Waals surface area contributed by atoms with Gasteiger partial charge in [0, 0.05) is 18.9 Å². The van der Waals surface area contributed by atoms with Crippen molar-refractivity contribution in [2.24, 2.45) is 0 Å². The maximum absolute atomic E-state index is 14.9. The van der Waals surface area contributed by atoms with Crippen LogP contribution < -0.4 is 10.2 Å². The summed E-state index contributed by atoms with van der Waals surface area (Å²) < 4.78 is 20.1. The van der Waals surface area contributed by atoms with Crippen molar-refractivity contribution in [3.8, 4) is 11.1 Å². The van der Waals surface area contributed by atoms with Crippen LogP contribution in [0.4, 0.5) is 14.9 Å². The summed E-state index contributed by atoms with van der Waals surface area (Å²) in [6.07, 6.45) is -1.71. The van der Waals surface area contributed by atoms with E-state index < -0.39 is 24.1 Å². The summed E-state index contributed by atoms with van der Waals surface area (Å²) in [7, 11) is 0. The molecule has 1 fully saturated rings. The van der Waals surface area contributed by atoms with Gasteiger partial charge in [-0.05, 0) is 29.3 Å². The molecule has 2 aromatic carbocycles. The van der Waals surface area contributed by atoms with Gasteiger partial charge < -0.3 is 15.2 Å². The van der Waals surface area contributed by atoms with Crippen LogP contribution in [0, 0.1) is 5.82 Å². The van der Waals surface area contributed by atoms with Gasteiger partial charge in [0.15, 0.2) is 5.82 Å². The SMILES string of the molecule is CC(=O)NCC1CN(c2ccc(-c3ccc(C(O)Cc4nn[nH]n4)cc3)c(F)c2)C(=O)O1. The van der Waals surface area contributed by atoms with E-state index in [1.807, 2.05) is 0 Å². The number of anilines is 1. The van der Waals surface area contributed by atoms with Crippen molar-refractivity contribution in [3.63, 3.8) is 0 Å². The van der Waals surface area contributed by atoms with Crippen molar-refractivity contribution in [2.75, 3.05) is 18.0 Å². The fourth-order valence-corrected chi connectivity index (χ4v) is 3.45. The Kier molecular flexibility index (Phi) is 6.08. The number of nitrogens with one attached hydrogen (secondary N) is 2. The summed E-state index contributed by atoms with van der Waals surface area (Å²) in [5.41, 5.74) is 1.99. The number of aliphatic hydroxyl groups excluding tert-OH is 1. The zero-order chi connectivity index (χ0) is 22.7. The summed E-state index contributed by atoms with van der Waals surface area (Å²) in [5, 5.41) is 26.3. The van der Waals surface area contributed by atoms with Crippen LogP contribution in [0.1, 0.15) is 24.4 Å². The van der Waals surface area contributed by atoms with Gasteiger partial charge in [-0.15, -0.1) is 10.2 Å². The van der Waals surface area contributed by atoms with Crippen molar-refractivity contribution in [1.82, 2.24) is 25.9 Å². The Balaban J connectivity index is 1.45. The minimum absolute atomic E-state index is 0.197. The van der Waals surface area contributed by atoms with Crippen LogP contribution >= 0.6 is 0 Å². The molecule has 0 spiro atoms. The van der Waals surface area contributed by atoms with E-state index >= 15 is 0 Å². The monoisotopic (exact) mass is 440 g/mol. The minimum atomic E-state index is -0.819. The maximum Gasteiger partial charge on any atom is 0.414 e. The number of ether oxygens (including phenoxy) is 1. The van der Waals surface area contributed by atoms with E-state index in [9.17, 15) is 19.1 Å². The van der Waals surface area contributed by atoms with Crippen LogP contribution in [0.3, 0.4) is 0 Å². The molecule has 3 aromatic rings. The summed E-state index contributed by atoms with van der Waals surface area (Å²) in [6, 6.07) is 11.3. The summed E-state index contributed by atoms with van der Waals surface area (Å²) in [4.78, 5) is 24.5. The largest absolute Gasteiger partial charge is 0.442 e. The molecule has 3 N–H and O–H groups in total. The molecule has 0 bridgehead atoms. The van der Waals surface area contributed by atoms with Gasteiger partial charge in [-0.25, -0.2) is 9.18 Å². The van der Waals surface area contributed by atoms with Gasteiger partial charge in [0.2, 0.25) is 5.91 Å². The molecule has 1 aliphatic rings. The lowest BCUT2D eigenvalue weighted by Gasteiger charge is -2.15. The molecule has 1 aromatic heterocycles. The Morgan fingerprint density at radius 3 is 2.78 bits per heavy atom. The third-order valence-electron chi connectivity index (χ3n) is 5.09. The molecule has 166 valence electrons. The zero-order valence-corrected chi connectivity index (χ0v) is 17.2. The third-order valence-corrected chi connectivity index (χ3v) is 5.09. The normalized spacial score (nSPS) is 16.7. The number of aromatic amines is 1. The van der Waals surface area contributed by atoms with Crippen LogP contribution in [0.15, 0.2) is 42.5 Å². The number of tetrazole rings is 1. The Morgan fingerprint density at radius 2 is 2.12 bits per heavy atom. The number of aliphatic hydroxyl groups is 1. The molecule has 1 aliphatic heterocycles. The first-order chi connectivity index (χ1) is 15.4.